The van der Waals surface area contributed by atoms with E-state index in [0.717, 1.165) is 0 Å². The van der Waals surface area contributed by atoms with Crippen molar-refractivity contribution in [1.82, 2.24) is 10.6 Å². The average Bonchev–Trinajstić information content (AvgIpc) is 2.35. The lowest BCUT2D eigenvalue weighted by molar-refractivity contribution is -0.142. The lowest BCUT2D eigenvalue weighted by Crippen LogP contribution is -2.53. The molecule has 2 unspecified atom stereocenters. The zero-order valence-corrected chi connectivity index (χ0v) is 12.7. The fourth-order valence-electron chi connectivity index (χ4n) is 1.84. The first-order valence-electron chi connectivity index (χ1n) is 6.86. The van der Waals surface area contributed by atoms with Gasteiger partial charge in [0.25, 0.3) is 0 Å². The molecule has 5 N–H and O–H groups in total. The number of aliphatic carboxylic acids is 1. The molecule has 0 saturated carbocycles. The molecule has 8 heteroatoms. The summed E-state index contributed by atoms with van der Waals surface area (Å²) in [4.78, 5) is 34.1. The highest BCUT2D eigenvalue weighted by molar-refractivity contribution is 5.89. The minimum atomic E-state index is -1.12. The van der Waals surface area contributed by atoms with Gasteiger partial charge in [-0.1, -0.05) is 13.8 Å². The lowest BCUT2D eigenvalue weighted by Gasteiger charge is -2.22. The van der Waals surface area contributed by atoms with E-state index in [9.17, 15) is 14.4 Å². The predicted octanol–water partition coefficient (Wildman–Crippen LogP) is 0.0654. The molecular weight excluding hydrogens is 278 g/mol. The summed E-state index contributed by atoms with van der Waals surface area (Å²) in [5.74, 6) is -1.53. The van der Waals surface area contributed by atoms with Crippen LogP contribution < -0.4 is 16.4 Å². The summed E-state index contributed by atoms with van der Waals surface area (Å²) in [7, 11) is 1.52. The number of rotatable bonds is 10. The van der Waals surface area contributed by atoms with Crippen molar-refractivity contribution in [1.29, 1.82) is 0 Å². The van der Waals surface area contributed by atoms with Crippen LogP contribution in [0.2, 0.25) is 0 Å². The average molecular weight is 303 g/mol. The van der Waals surface area contributed by atoms with Crippen molar-refractivity contribution < 1.29 is 24.2 Å². The van der Waals surface area contributed by atoms with Gasteiger partial charge in [0.15, 0.2) is 0 Å². The van der Waals surface area contributed by atoms with Crippen LogP contribution in [0.4, 0.5) is 4.79 Å². The smallest absolute Gasteiger partial charge is 0.326 e. The normalized spacial score (nSPS) is 13.5. The van der Waals surface area contributed by atoms with Gasteiger partial charge in [-0.15, -0.1) is 0 Å². The highest BCUT2D eigenvalue weighted by atomic mass is 16.5. The molecule has 0 bridgehead atoms. The standard InChI is InChI=1S/C13H25N3O5/c1-8(2)7-10(16-13(14)20)11(17)15-9(12(18)19)5-4-6-21-3/h8-10H,4-7H2,1-3H3,(H,15,17)(H,18,19)(H3,14,16,20). The first-order chi connectivity index (χ1) is 9.77. The van der Waals surface area contributed by atoms with Crippen molar-refractivity contribution in [2.45, 2.75) is 45.2 Å². The van der Waals surface area contributed by atoms with Crippen LogP contribution in [0.1, 0.15) is 33.1 Å². The van der Waals surface area contributed by atoms with Crippen molar-refractivity contribution in [2.75, 3.05) is 13.7 Å². The molecule has 0 aliphatic heterocycles. The van der Waals surface area contributed by atoms with Gasteiger partial charge < -0.3 is 26.2 Å². The van der Waals surface area contributed by atoms with Crippen molar-refractivity contribution in [2.24, 2.45) is 11.7 Å². The number of urea groups is 1. The summed E-state index contributed by atoms with van der Waals surface area (Å²) >= 11 is 0. The van der Waals surface area contributed by atoms with Crippen molar-refractivity contribution in [3.05, 3.63) is 0 Å². The van der Waals surface area contributed by atoms with E-state index in [1.165, 1.54) is 7.11 Å². The molecule has 0 fully saturated rings. The number of carboxylic acid groups (broad SMARTS) is 1. The second-order valence-electron chi connectivity index (χ2n) is 5.23. The fraction of sp³-hybridized carbons (Fsp3) is 0.769. The predicted molar refractivity (Wildman–Crippen MR) is 76.6 cm³/mol. The molecule has 8 nitrogen and oxygen atoms in total. The minimum Gasteiger partial charge on any atom is -0.480 e. The van der Waals surface area contributed by atoms with E-state index in [2.05, 4.69) is 10.6 Å². The Morgan fingerprint density at radius 1 is 1.19 bits per heavy atom. The van der Waals surface area contributed by atoms with Crippen LogP contribution in [0.15, 0.2) is 0 Å². The van der Waals surface area contributed by atoms with Crippen molar-refractivity contribution >= 4 is 17.9 Å². The first kappa shape index (κ1) is 19.2. The molecule has 0 aromatic rings. The van der Waals surface area contributed by atoms with Crippen LogP contribution in [0, 0.1) is 5.92 Å². The zero-order chi connectivity index (χ0) is 16.4. The lowest BCUT2D eigenvalue weighted by atomic mass is 10.0. The van der Waals surface area contributed by atoms with Gasteiger partial charge in [0, 0.05) is 13.7 Å². The molecule has 0 spiro atoms. The van der Waals surface area contributed by atoms with E-state index >= 15 is 0 Å². The number of nitrogens with one attached hydrogen (secondary N) is 2. The van der Waals surface area contributed by atoms with E-state index in [0.29, 0.717) is 19.4 Å². The number of ether oxygens (including phenoxy) is 1. The van der Waals surface area contributed by atoms with Gasteiger partial charge in [0.1, 0.15) is 12.1 Å². The largest absolute Gasteiger partial charge is 0.480 e. The topological polar surface area (TPSA) is 131 Å². The van der Waals surface area contributed by atoms with Gasteiger partial charge in [-0.25, -0.2) is 9.59 Å². The third-order valence-corrected chi connectivity index (χ3v) is 2.80. The maximum atomic E-state index is 12.1. The Hall–Kier alpha value is -1.83. The summed E-state index contributed by atoms with van der Waals surface area (Å²) in [6, 6.07) is -2.68. The first-order valence-corrected chi connectivity index (χ1v) is 6.86. The number of nitrogens with two attached hydrogens (primary N) is 1. The molecule has 0 heterocycles. The molecule has 0 aliphatic carbocycles. The van der Waals surface area contributed by atoms with Gasteiger partial charge in [0.2, 0.25) is 5.91 Å². The Morgan fingerprint density at radius 3 is 2.24 bits per heavy atom. The van der Waals surface area contributed by atoms with Crippen molar-refractivity contribution in [3.8, 4) is 0 Å². The van der Waals surface area contributed by atoms with Crippen LogP contribution in [-0.2, 0) is 14.3 Å². The molecule has 0 saturated heterocycles. The molecule has 21 heavy (non-hydrogen) atoms. The molecule has 2 atom stereocenters. The number of hydrogen-bond acceptors (Lipinski definition) is 4. The Kier molecular flexibility index (Phi) is 9.11. The van der Waals surface area contributed by atoms with Gasteiger partial charge in [-0.3, -0.25) is 4.79 Å². The number of carboxylic acids is 1. The monoisotopic (exact) mass is 303 g/mol. The third kappa shape index (κ3) is 8.85. The van der Waals surface area contributed by atoms with E-state index < -0.39 is 30.0 Å². The van der Waals surface area contributed by atoms with Crippen LogP contribution in [-0.4, -0.2) is 48.8 Å². The van der Waals surface area contributed by atoms with Gasteiger partial charge in [-0.2, -0.15) is 0 Å². The van der Waals surface area contributed by atoms with Crippen LogP contribution in [0.5, 0.6) is 0 Å². The third-order valence-electron chi connectivity index (χ3n) is 2.80. The highest BCUT2D eigenvalue weighted by Crippen LogP contribution is 2.06. The Bertz CT molecular complexity index is 360. The summed E-state index contributed by atoms with van der Waals surface area (Å²) in [6.45, 7) is 4.18. The second kappa shape index (κ2) is 9.98. The maximum absolute atomic E-state index is 12.1. The summed E-state index contributed by atoms with van der Waals surface area (Å²) in [5.41, 5.74) is 5.03. The highest BCUT2D eigenvalue weighted by Gasteiger charge is 2.26. The number of amides is 3. The summed E-state index contributed by atoms with van der Waals surface area (Å²) in [6.07, 6.45) is 1.13. The van der Waals surface area contributed by atoms with E-state index in [1.54, 1.807) is 0 Å². The Balaban J connectivity index is 4.65. The molecular formula is C13H25N3O5. The Labute approximate surface area is 124 Å². The van der Waals surface area contributed by atoms with E-state index in [4.69, 9.17) is 15.6 Å². The van der Waals surface area contributed by atoms with Crippen LogP contribution in [0.25, 0.3) is 0 Å². The van der Waals surface area contributed by atoms with E-state index in [1.807, 2.05) is 13.8 Å². The van der Waals surface area contributed by atoms with E-state index in [-0.39, 0.29) is 12.3 Å². The number of carbonyl (C=O) groups excluding carboxylic acids is 2. The number of carbonyl (C=O) groups is 3. The van der Waals surface area contributed by atoms with Gasteiger partial charge >= 0.3 is 12.0 Å². The zero-order valence-electron chi connectivity index (χ0n) is 12.7. The number of primary amides is 1. The molecule has 0 aromatic carbocycles. The minimum absolute atomic E-state index is 0.143. The van der Waals surface area contributed by atoms with Crippen molar-refractivity contribution in [3.63, 3.8) is 0 Å². The number of hydrogen-bond donors (Lipinski definition) is 4. The molecule has 0 radical (unpaired) electrons. The quantitative estimate of drug-likeness (QED) is 0.424. The van der Waals surface area contributed by atoms with Gasteiger partial charge in [0.05, 0.1) is 0 Å². The fourth-order valence-corrected chi connectivity index (χ4v) is 1.84. The van der Waals surface area contributed by atoms with Crippen LogP contribution >= 0.6 is 0 Å². The molecule has 0 aliphatic rings. The maximum Gasteiger partial charge on any atom is 0.326 e. The van der Waals surface area contributed by atoms with Gasteiger partial charge in [-0.05, 0) is 25.2 Å². The molecule has 3 amide bonds. The van der Waals surface area contributed by atoms with Crippen LogP contribution in [0.3, 0.4) is 0 Å². The number of methoxy groups -OCH3 is 1. The second-order valence-corrected chi connectivity index (χ2v) is 5.23. The molecule has 0 aromatic heterocycles. The SMILES string of the molecule is COCCCC(NC(=O)C(CC(C)C)NC(N)=O)C(=O)O. The summed E-state index contributed by atoms with van der Waals surface area (Å²) < 4.78 is 4.85. The molecule has 0 rings (SSSR count). The molecule has 122 valence electrons. The summed E-state index contributed by atoms with van der Waals surface area (Å²) in [5, 5.41) is 13.9. The Morgan fingerprint density at radius 2 is 1.81 bits per heavy atom.